The maximum absolute atomic E-state index is 13.3. The minimum atomic E-state index is -0.701. The molecule has 162 valence electrons. The van der Waals surface area contributed by atoms with Crippen LogP contribution in [0.25, 0.3) is 5.69 Å². The molecule has 3 rings (SSSR count). The van der Waals surface area contributed by atoms with Crippen LogP contribution in [0.5, 0.6) is 0 Å². The Morgan fingerprint density at radius 1 is 1.06 bits per heavy atom. The lowest BCUT2D eigenvalue weighted by atomic mass is 10.1. The van der Waals surface area contributed by atoms with E-state index in [2.05, 4.69) is 10.4 Å². The monoisotopic (exact) mass is 420 g/mol. The van der Waals surface area contributed by atoms with Crippen molar-refractivity contribution in [2.75, 3.05) is 0 Å². The number of benzene rings is 2. The molecule has 3 aromatic rings. The summed E-state index contributed by atoms with van der Waals surface area (Å²) in [5.41, 5.74) is 2.78. The number of carbonyl (C=O) groups is 1. The highest BCUT2D eigenvalue weighted by molar-refractivity contribution is 5.91. The second-order valence-electron chi connectivity index (χ2n) is 7.97. The third kappa shape index (κ3) is 4.82. The lowest BCUT2D eigenvalue weighted by Gasteiger charge is -2.15. The van der Waals surface area contributed by atoms with E-state index < -0.39 is 17.2 Å². The van der Waals surface area contributed by atoms with Gasteiger partial charge in [-0.05, 0) is 62.9 Å². The van der Waals surface area contributed by atoms with Gasteiger partial charge in [-0.3, -0.25) is 14.2 Å². The Morgan fingerprint density at radius 3 is 2.45 bits per heavy atom. The Morgan fingerprint density at radius 2 is 1.81 bits per heavy atom. The molecule has 7 heteroatoms. The minimum Gasteiger partial charge on any atom is -0.348 e. The standard InChI is InChI=1S/C24H28N4O3/c1-6-18(5)25-22(29)21-23(30)27(14-19-9-7-8-15(2)12-19)24(31)28(26-21)20-11-10-16(3)17(4)13-20/h7-13,18H,6,14H2,1-5H3,(H,25,29)/t18-/m1/s1. The fourth-order valence-electron chi connectivity index (χ4n) is 3.21. The van der Waals surface area contributed by atoms with Gasteiger partial charge in [-0.1, -0.05) is 42.8 Å². The van der Waals surface area contributed by atoms with Gasteiger partial charge in [-0.2, -0.15) is 9.78 Å². The van der Waals surface area contributed by atoms with Crippen molar-refractivity contribution in [3.63, 3.8) is 0 Å². The predicted molar refractivity (Wildman–Crippen MR) is 121 cm³/mol. The first-order valence-corrected chi connectivity index (χ1v) is 10.4. The van der Waals surface area contributed by atoms with Crippen LogP contribution in [0, 0.1) is 20.8 Å². The van der Waals surface area contributed by atoms with E-state index in [1.165, 1.54) is 0 Å². The summed E-state index contributed by atoms with van der Waals surface area (Å²) in [6, 6.07) is 12.9. The third-order valence-corrected chi connectivity index (χ3v) is 5.42. The molecule has 0 aliphatic heterocycles. The first-order chi connectivity index (χ1) is 14.7. The highest BCUT2D eigenvalue weighted by Gasteiger charge is 2.21. The number of nitrogens with one attached hydrogen (secondary N) is 1. The molecule has 1 atom stereocenters. The van der Waals surface area contributed by atoms with Crippen LogP contribution in [0.3, 0.4) is 0 Å². The van der Waals surface area contributed by atoms with Crippen LogP contribution >= 0.6 is 0 Å². The van der Waals surface area contributed by atoms with E-state index in [9.17, 15) is 14.4 Å². The normalized spacial score (nSPS) is 11.9. The van der Waals surface area contributed by atoms with Crippen molar-refractivity contribution in [3.8, 4) is 5.69 Å². The lowest BCUT2D eigenvalue weighted by molar-refractivity contribution is 0.0929. The number of rotatable bonds is 6. The lowest BCUT2D eigenvalue weighted by Crippen LogP contribution is -2.47. The van der Waals surface area contributed by atoms with Crippen LogP contribution in [0.2, 0.25) is 0 Å². The zero-order chi connectivity index (χ0) is 22.7. The highest BCUT2D eigenvalue weighted by Crippen LogP contribution is 2.12. The maximum Gasteiger partial charge on any atom is 0.352 e. The Labute approximate surface area is 181 Å². The summed E-state index contributed by atoms with van der Waals surface area (Å²) in [7, 11) is 0. The second kappa shape index (κ2) is 9.12. The van der Waals surface area contributed by atoms with Gasteiger partial charge in [0, 0.05) is 6.04 Å². The van der Waals surface area contributed by atoms with Crippen LogP contribution < -0.4 is 16.6 Å². The Balaban J connectivity index is 2.21. The molecule has 1 aromatic heterocycles. The van der Waals surface area contributed by atoms with Crippen LogP contribution in [-0.4, -0.2) is 26.3 Å². The van der Waals surface area contributed by atoms with Crippen molar-refractivity contribution in [2.24, 2.45) is 0 Å². The average molecular weight is 421 g/mol. The van der Waals surface area contributed by atoms with Crippen LogP contribution in [0.4, 0.5) is 0 Å². The van der Waals surface area contributed by atoms with E-state index in [4.69, 9.17) is 0 Å². The summed E-state index contributed by atoms with van der Waals surface area (Å²) in [5.74, 6) is -0.588. The van der Waals surface area contributed by atoms with Gasteiger partial charge >= 0.3 is 5.69 Å². The van der Waals surface area contributed by atoms with Crippen molar-refractivity contribution in [1.29, 1.82) is 0 Å². The Hall–Kier alpha value is -3.48. The van der Waals surface area contributed by atoms with Gasteiger partial charge in [-0.25, -0.2) is 4.79 Å². The first-order valence-electron chi connectivity index (χ1n) is 10.4. The fourth-order valence-corrected chi connectivity index (χ4v) is 3.21. The smallest absolute Gasteiger partial charge is 0.348 e. The molecule has 31 heavy (non-hydrogen) atoms. The number of amides is 1. The molecular formula is C24H28N4O3. The second-order valence-corrected chi connectivity index (χ2v) is 7.97. The van der Waals surface area contributed by atoms with E-state index in [1.807, 2.05) is 71.0 Å². The summed E-state index contributed by atoms with van der Waals surface area (Å²) in [4.78, 5) is 39.2. The molecule has 0 aliphatic carbocycles. The number of hydrogen-bond donors (Lipinski definition) is 1. The molecule has 7 nitrogen and oxygen atoms in total. The summed E-state index contributed by atoms with van der Waals surface area (Å²) in [5, 5.41) is 6.95. The van der Waals surface area contributed by atoms with Gasteiger partial charge in [-0.15, -0.1) is 0 Å². The summed E-state index contributed by atoms with van der Waals surface area (Å²) >= 11 is 0. The van der Waals surface area contributed by atoms with E-state index in [-0.39, 0.29) is 18.3 Å². The fraction of sp³-hybridized carbons (Fsp3) is 0.333. The van der Waals surface area contributed by atoms with Gasteiger partial charge in [0.25, 0.3) is 11.5 Å². The maximum atomic E-state index is 13.3. The highest BCUT2D eigenvalue weighted by atomic mass is 16.2. The Kier molecular flexibility index (Phi) is 6.53. The summed E-state index contributed by atoms with van der Waals surface area (Å²) in [6.45, 7) is 9.68. The number of hydrogen-bond acceptors (Lipinski definition) is 4. The van der Waals surface area contributed by atoms with Gasteiger partial charge in [0.05, 0.1) is 12.2 Å². The zero-order valence-electron chi connectivity index (χ0n) is 18.6. The third-order valence-electron chi connectivity index (χ3n) is 5.42. The summed E-state index contributed by atoms with van der Waals surface area (Å²) in [6.07, 6.45) is 0.708. The number of carbonyl (C=O) groups excluding carboxylic acids is 1. The first kappa shape index (κ1) is 22.2. The molecule has 0 spiro atoms. The molecule has 2 aromatic carbocycles. The van der Waals surface area contributed by atoms with Gasteiger partial charge < -0.3 is 5.32 Å². The molecule has 0 bridgehead atoms. The molecule has 1 heterocycles. The zero-order valence-corrected chi connectivity index (χ0v) is 18.6. The SMILES string of the molecule is CC[C@@H](C)NC(=O)c1nn(-c2ccc(C)c(C)c2)c(=O)n(Cc2cccc(C)c2)c1=O. The van der Waals surface area contributed by atoms with Crippen molar-refractivity contribution < 1.29 is 4.79 Å². The van der Waals surface area contributed by atoms with E-state index in [1.54, 1.807) is 6.07 Å². The average Bonchev–Trinajstić information content (AvgIpc) is 2.73. The van der Waals surface area contributed by atoms with Gasteiger partial charge in [0.15, 0.2) is 0 Å². The number of nitrogens with zero attached hydrogens (tertiary/aromatic N) is 3. The predicted octanol–water partition coefficient (Wildman–Crippen LogP) is 2.90. The topological polar surface area (TPSA) is 86.0 Å². The molecule has 0 unspecified atom stereocenters. The molecule has 0 saturated carbocycles. The quantitative estimate of drug-likeness (QED) is 0.664. The van der Waals surface area contributed by atoms with Gasteiger partial charge in [0.1, 0.15) is 0 Å². The van der Waals surface area contributed by atoms with Crippen molar-refractivity contribution >= 4 is 5.91 Å². The van der Waals surface area contributed by atoms with Crippen LogP contribution in [-0.2, 0) is 6.54 Å². The molecule has 0 radical (unpaired) electrons. The van der Waals surface area contributed by atoms with E-state index in [0.717, 1.165) is 31.5 Å². The molecule has 0 aliphatic rings. The number of aryl methyl sites for hydroxylation is 3. The van der Waals surface area contributed by atoms with E-state index in [0.29, 0.717) is 12.1 Å². The van der Waals surface area contributed by atoms with Crippen molar-refractivity contribution in [1.82, 2.24) is 19.7 Å². The summed E-state index contributed by atoms with van der Waals surface area (Å²) < 4.78 is 2.21. The van der Waals surface area contributed by atoms with Crippen LogP contribution in [0.15, 0.2) is 52.1 Å². The molecule has 0 fully saturated rings. The van der Waals surface area contributed by atoms with Gasteiger partial charge in [0.2, 0.25) is 5.69 Å². The molecule has 1 N–H and O–H groups in total. The Bertz CT molecular complexity index is 1240. The number of aromatic nitrogens is 3. The molecular weight excluding hydrogens is 392 g/mol. The minimum absolute atomic E-state index is 0.0519. The largest absolute Gasteiger partial charge is 0.352 e. The van der Waals surface area contributed by atoms with E-state index >= 15 is 0 Å². The molecule has 1 amide bonds. The molecule has 0 saturated heterocycles. The van der Waals surface area contributed by atoms with Crippen LogP contribution in [0.1, 0.15) is 53.0 Å². The van der Waals surface area contributed by atoms with Crippen molar-refractivity contribution in [3.05, 3.63) is 91.3 Å². The van der Waals surface area contributed by atoms with Crippen molar-refractivity contribution in [2.45, 2.75) is 53.6 Å².